The van der Waals surface area contributed by atoms with Gasteiger partial charge in [-0.25, -0.2) is 0 Å². The van der Waals surface area contributed by atoms with Crippen LogP contribution in [-0.2, 0) is 4.79 Å². The second-order valence-electron chi connectivity index (χ2n) is 3.74. The standard InChI is InChI=1S/C10H18N2O/c1-5-12(6-2)9(13)7-10(3,4)8-11/h5-7H2,1-4H3. The summed E-state index contributed by atoms with van der Waals surface area (Å²) in [5, 5.41) is 8.75. The molecule has 0 aliphatic carbocycles. The third-order valence-corrected chi connectivity index (χ3v) is 2.01. The molecule has 0 aromatic heterocycles. The molecule has 0 aliphatic heterocycles. The molecule has 0 rings (SSSR count). The monoisotopic (exact) mass is 182 g/mol. The van der Waals surface area contributed by atoms with E-state index in [-0.39, 0.29) is 5.91 Å². The topological polar surface area (TPSA) is 44.1 Å². The third kappa shape index (κ3) is 3.93. The highest BCUT2D eigenvalue weighted by molar-refractivity contribution is 5.77. The summed E-state index contributed by atoms with van der Waals surface area (Å²) >= 11 is 0. The molecule has 0 atom stereocenters. The van der Waals surface area contributed by atoms with Crippen molar-refractivity contribution in [3.63, 3.8) is 0 Å². The molecule has 0 aliphatic rings. The zero-order chi connectivity index (χ0) is 10.5. The number of hydrogen-bond acceptors (Lipinski definition) is 2. The molecule has 0 fully saturated rings. The Morgan fingerprint density at radius 3 is 2.15 bits per heavy atom. The fourth-order valence-corrected chi connectivity index (χ4v) is 1.11. The van der Waals surface area contributed by atoms with Crippen molar-refractivity contribution in [3.8, 4) is 6.07 Å². The maximum Gasteiger partial charge on any atom is 0.224 e. The van der Waals surface area contributed by atoms with Crippen LogP contribution in [0.1, 0.15) is 34.1 Å². The molecule has 1 amide bonds. The van der Waals surface area contributed by atoms with Crippen molar-refractivity contribution >= 4 is 5.91 Å². The minimum absolute atomic E-state index is 0.0663. The molecular weight excluding hydrogens is 164 g/mol. The van der Waals surface area contributed by atoms with Crippen molar-refractivity contribution in [2.45, 2.75) is 34.1 Å². The highest BCUT2D eigenvalue weighted by Crippen LogP contribution is 2.19. The second-order valence-corrected chi connectivity index (χ2v) is 3.74. The molecule has 13 heavy (non-hydrogen) atoms. The Morgan fingerprint density at radius 2 is 1.85 bits per heavy atom. The summed E-state index contributed by atoms with van der Waals surface area (Å²) < 4.78 is 0. The van der Waals surface area contributed by atoms with Gasteiger partial charge in [0.2, 0.25) is 5.91 Å². The number of hydrogen-bond donors (Lipinski definition) is 0. The van der Waals surface area contributed by atoms with E-state index in [1.165, 1.54) is 0 Å². The van der Waals surface area contributed by atoms with E-state index < -0.39 is 5.41 Å². The second kappa shape index (κ2) is 4.86. The predicted octanol–water partition coefficient (Wildman–Crippen LogP) is 1.79. The summed E-state index contributed by atoms with van der Waals surface area (Å²) in [6, 6.07) is 2.13. The number of carbonyl (C=O) groups is 1. The van der Waals surface area contributed by atoms with Gasteiger partial charge in [-0.15, -0.1) is 0 Å². The van der Waals surface area contributed by atoms with Crippen LogP contribution in [0.4, 0.5) is 0 Å². The summed E-state index contributed by atoms with van der Waals surface area (Å²) in [5.41, 5.74) is -0.542. The Bertz CT molecular complexity index is 211. The third-order valence-electron chi connectivity index (χ3n) is 2.01. The summed E-state index contributed by atoms with van der Waals surface area (Å²) in [7, 11) is 0. The molecule has 0 saturated carbocycles. The minimum Gasteiger partial charge on any atom is -0.343 e. The SMILES string of the molecule is CCN(CC)C(=O)CC(C)(C)C#N. The van der Waals surface area contributed by atoms with Gasteiger partial charge in [-0.3, -0.25) is 4.79 Å². The summed E-state index contributed by atoms with van der Waals surface area (Å²) in [6.07, 6.45) is 0.311. The van der Waals surface area contributed by atoms with Gasteiger partial charge < -0.3 is 4.90 Å². The van der Waals surface area contributed by atoms with E-state index >= 15 is 0 Å². The molecule has 0 unspecified atom stereocenters. The lowest BCUT2D eigenvalue weighted by Gasteiger charge is -2.22. The molecule has 3 heteroatoms. The molecular formula is C10H18N2O. The average Bonchev–Trinajstić information content (AvgIpc) is 2.06. The molecule has 0 saturated heterocycles. The summed E-state index contributed by atoms with van der Waals surface area (Å²) in [5.74, 6) is 0.0663. The van der Waals surface area contributed by atoms with Crippen LogP contribution in [0.15, 0.2) is 0 Å². The number of nitriles is 1. The molecule has 74 valence electrons. The smallest absolute Gasteiger partial charge is 0.224 e. The van der Waals surface area contributed by atoms with E-state index in [1.54, 1.807) is 18.7 Å². The normalized spacial score (nSPS) is 10.7. The fraction of sp³-hybridized carbons (Fsp3) is 0.800. The van der Waals surface area contributed by atoms with E-state index in [0.717, 1.165) is 13.1 Å². The molecule has 0 heterocycles. The number of rotatable bonds is 4. The minimum atomic E-state index is -0.542. The van der Waals surface area contributed by atoms with E-state index in [4.69, 9.17) is 5.26 Å². The molecule has 3 nitrogen and oxygen atoms in total. The van der Waals surface area contributed by atoms with Gasteiger partial charge >= 0.3 is 0 Å². The van der Waals surface area contributed by atoms with Gasteiger partial charge in [-0.05, 0) is 27.7 Å². The van der Waals surface area contributed by atoms with Crippen molar-refractivity contribution in [3.05, 3.63) is 0 Å². The van der Waals surface area contributed by atoms with Crippen LogP contribution in [0.2, 0.25) is 0 Å². The van der Waals surface area contributed by atoms with E-state index in [0.29, 0.717) is 6.42 Å². The molecule has 0 aromatic carbocycles. The Labute approximate surface area is 80.3 Å². The van der Waals surface area contributed by atoms with Crippen LogP contribution in [0.25, 0.3) is 0 Å². The van der Waals surface area contributed by atoms with Gasteiger partial charge in [0.25, 0.3) is 0 Å². The first kappa shape index (κ1) is 12.0. The fourth-order valence-electron chi connectivity index (χ4n) is 1.11. The largest absolute Gasteiger partial charge is 0.343 e. The first-order valence-electron chi connectivity index (χ1n) is 4.66. The highest BCUT2D eigenvalue weighted by Gasteiger charge is 2.23. The van der Waals surface area contributed by atoms with Crippen LogP contribution < -0.4 is 0 Å². The molecule has 0 bridgehead atoms. The zero-order valence-electron chi connectivity index (χ0n) is 8.92. The maximum atomic E-state index is 11.6. The number of amides is 1. The molecule has 0 radical (unpaired) electrons. The zero-order valence-corrected chi connectivity index (χ0v) is 8.92. The number of nitrogens with zero attached hydrogens (tertiary/aromatic N) is 2. The van der Waals surface area contributed by atoms with Crippen molar-refractivity contribution in [1.29, 1.82) is 5.26 Å². The molecule has 0 aromatic rings. The lowest BCUT2D eigenvalue weighted by Crippen LogP contribution is -2.33. The van der Waals surface area contributed by atoms with Gasteiger partial charge in [0, 0.05) is 19.5 Å². The molecule has 0 spiro atoms. The van der Waals surface area contributed by atoms with Gasteiger partial charge in [0.05, 0.1) is 11.5 Å². The lowest BCUT2D eigenvalue weighted by molar-refractivity contribution is -0.132. The van der Waals surface area contributed by atoms with Crippen LogP contribution in [0.5, 0.6) is 0 Å². The maximum absolute atomic E-state index is 11.6. The average molecular weight is 182 g/mol. The van der Waals surface area contributed by atoms with Crippen LogP contribution >= 0.6 is 0 Å². The van der Waals surface area contributed by atoms with Gasteiger partial charge in [0.1, 0.15) is 0 Å². The van der Waals surface area contributed by atoms with Crippen molar-refractivity contribution < 1.29 is 4.79 Å². The Hall–Kier alpha value is -1.04. The first-order valence-corrected chi connectivity index (χ1v) is 4.66. The van der Waals surface area contributed by atoms with Crippen LogP contribution in [0, 0.1) is 16.7 Å². The van der Waals surface area contributed by atoms with Crippen molar-refractivity contribution in [2.75, 3.05) is 13.1 Å². The summed E-state index contributed by atoms with van der Waals surface area (Å²) in [4.78, 5) is 13.3. The molecule has 0 N–H and O–H groups in total. The van der Waals surface area contributed by atoms with E-state index in [2.05, 4.69) is 6.07 Å². The van der Waals surface area contributed by atoms with Gasteiger partial charge in [0.15, 0.2) is 0 Å². The summed E-state index contributed by atoms with van der Waals surface area (Å²) in [6.45, 7) is 8.90. The Balaban J connectivity index is 4.23. The van der Waals surface area contributed by atoms with Crippen LogP contribution in [-0.4, -0.2) is 23.9 Å². The lowest BCUT2D eigenvalue weighted by atomic mass is 9.91. The Kier molecular flexibility index (Phi) is 4.47. The predicted molar refractivity (Wildman–Crippen MR) is 51.9 cm³/mol. The van der Waals surface area contributed by atoms with E-state index in [9.17, 15) is 4.79 Å². The first-order chi connectivity index (χ1) is 5.96. The van der Waals surface area contributed by atoms with E-state index in [1.807, 2.05) is 13.8 Å². The highest BCUT2D eigenvalue weighted by atomic mass is 16.2. The van der Waals surface area contributed by atoms with Gasteiger partial charge in [-0.2, -0.15) is 5.26 Å². The van der Waals surface area contributed by atoms with Crippen molar-refractivity contribution in [1.82, 2.24) is 4.90 Å². The Morgan fingerprint density at radius 1 is 1.38 bits per heavy atom. The van der Waals surface area contributed by atoms with Crippen LogP contribution in [0.3, 0.4) is 0 Å². The van der Waals surface area contributed by atoms with Gasteiger partial charge in [-0.1, -0.05) is 0 Å². The number of carbonyl (C=O) groups excluding carboxylic acids is 1. The van der Waals surface area contributed by atoms with Crippen molar-refractivity contribution in [2.24, 2.45) is 5.41 Å². The quantitative estimate of drug-likeness (QED) is 0.665.